The minimum Gasteiger partial charge on any atom is -0.465 e. The van der Waals surface area contributed by atoms with Crippen LogP contribution in [0.5, 0.6) is 0 Å². The number of H-pyrrole nitrogens is 1. The largest absolute Gasteiger partial charge is 0.465 e. The van der Waals surface area contributed by atoms with Gasteiger partial charge < -0.3 is 15.3 Å². The van der Waals surface area contributed by atoms with Crippen molar-refractivity contribution in [1.29, 1.82) is 5.26 Å². The van der Waals surface area contributed by atoms with Crippen LogP contribution in [-0.2, 0) is 0 Å². The number of hydrogen-bond donors (Lipinski definition) is 3. The van der Waals surface area contributed by atoms with Crippen LogP contribution in [0.3, 0.4) is 0 Å². The van der Waals surface area contributed by atoms with Gasteiger partial charge in [-0.3, -0.25) is 4.79 Å². The minimum absolute atomic E-state index is 0.0286. The third kappa shape index (κ3) is 2.46. The molecule has 1 fully saturated rings. The fourth-order valence-electron chi connectivity index (χ4n) is 2.04. The summed E-state index contributed by atoms with van der Waals surface area (Å²) in [7, 11) is 0. The molecule has 1 aromatic heterocycles. The molecule has 0 radical (unpaired) electrons. The smallest absolute Gasteiger partial charge is 0.405 e. The quantitative estimate of drug-likeness (QED) is 0.711. The number of aromatic amines is 1. The molecular formula is C10H10ClN5O3. The first-order valence-electron chi connectivity index (χ1n) is 5.38. The highest BCUT2D eigenvalue weighted by Gasteiger charge is 2.40. The second-order valence-electron chi connectivity index (χ2n) is 4.19. The van der Waals surface area contributed by atoms with E-state index in [1.54, 1.807) is 4.90 Å². The molecule has 1 atom stereocenters. The van der Waals surface area contributed by atoms with Crippen LogP contribution in [0, 0.1) is 11.3 Å². The van der Waals surface area contributed by atoms with Crippen molar-refractivity contribution >= 4 is 23.4 Å². The summed E-state index contributed by atoms with van der Waals surface area (Å²) in [5.74, 6) is 0. The zero-order valence-electron chi connectivity index (χ0n) is 9.68. The van der Waals surface area contributed by atoms with E-state index < -0.39 is 17.2 Å². The van der Waals surface area contributed by atoms with E-state index in [4.69, 9.17) is 22.0 Å². The predicted molar refractivity (Wildman–Crippen MR) is 66.2 cm³/mol. The van der Waals surface area contributed by atoms with Crippen molar-refractivity contribution in [2.75, 3.05) is 18.0 Å². The Labute approximate surface area is 112 Å². The van der Waals surface area contributed by atoms with Crippen molar-refractivity contribution in [2.24, 2.45) is 0 Å². The number of amides is 1. The molecule has 1 unspecified atom stereocenters. The summed E-state index contributed by atoms with van der Waals surface area (Å²) >= 11 is 5.87. The average molecular weight is 284 g/mol. The van der Waals surface area contributed by atoms with Crippen LogP contribution in [0.25, 0.3) is 0 Å². The van der Waals surface area contributed by atoms with Gasteiger partial charge in [-0.15, -0.1) is 0 Å². The molecule has 100 valence electrons. The second-order valence-corrected chi connectivity index (χ2v) is 4.57. The standard InChI is InChI=1S/C10H10ClN5O3/c11-7-6(3-13-15-8(7)17)16-2-1-10(4-12,5-16)14-9(18)19/h3,14H,1-2,5H2,(H,15,17)(H,18,19). The summed E-state index contributed by atoms with van der Waals surface area (Å²) in [4.78, 5) is 23.7. The molecule has 0 bridgehead atoms. The third-order valence-electron chi connectivity index (χ3n) is 2.95. The van der Waals surface area contributed by atoms with E-state index in [1.807, 2.05) is 6.07 Å². The van der Waals surface area contributed by atoms with Crippen molar-refractivity contribution in [1.82, 2.24) is 15.5 Å². The van der Waals surface area contributed by atoms with Crippen molar-refractivity contribution in [3.05, 3.63) is 21.6 Å². The maximum atomic E-state index is 11.4. The van der Waals surface area contributed by atoms with Crippen LogP contribution >= 0.6 is 11.6 Å². The average Bonchev–Trinajstić information content (AvgIpc) is 2.76. The van der Waals surface area contributed by atoms with Crippen LogP contribution in [0.4, 0.5) is 10.5 Å². The van der Waals surface area contributed by atoms with E-state index >= 15 is 0 Å². The van der Waals surface area contributed by atoms with Crippen molar-refractivity contribution in [3.8, 4) is 6.07 Å². The van der Waals surface area contributed by atoms with Crippen LogP contribution in [0.15, 0.2) is 11.0 Å². The van der Waals surface area contributed by atoms with Gasteiger partial charge in [0.1, 0.15) is 10.6 Å². The Morgan fingerprint density at radius 2 is 2.47 bits per heavy atom. The molecular weight excluding hydrogens is 274 g/mol. The number of nitrogens with zero attached hydrogens (tertiary/aromatic N) is 3. The van der Waals surface area contributed by atoms with E-state index in [0.717, 1.165) is 0 Å². The van der Waals surface area contributed by atoms with E-state index in [-0.39, 0.29) is 11.6 Å². The number of hydrogen-bond acceptors (Lipinski definition) is 5. The van der Waals surface area contributed by atoms with E-state index in [2.05, 4.69) is 15.5 Å². The Morgan fingerprint density at radius 3 is 3.11 bits per heavy atom. The van der Waals surface area contributed by atoms with E-state index in [9.17, 15) is 9.59 Å². The highest BCUT2D eigenvalue weighted by molar-refractivity contribution is 6.33. The van der Waals surface area contributed by atoms with Gasteiger partial charge in [0.05, 0.1) is 24.5 Å². The first-order valence-corrected chi connectivity index (χ1v) is 5.76. The lowest BCUT2D eigenvalue weighted by Crippen LogP contribution is -2.48. The van der Waals surface area contributed by atoms with Gasteiger partial charge in [-0.2, -0.15) is 10.4 Å². The van der Waals surface area contributed by atoms with Crippen LogP contribution in [0.1, 0.15) is 6.42 Å². The highest BCUT2D eigenvalue weighted by atomic mass is 35.5. The van der Waals surface area contributed by atoms with Gasteiger partial charge in [0.2, 0.25) is 0 Å². The molecule has 1 aliphatic heterocycles. The summed E-state index contributed by atoms with van der Waals surface area (Å²) in [6, 6.07) is 1.96. The summed E-state index contributed by atoms with van der Waals surface area (Å²) in [5, 5.41) is 25.9. The Hall–Kier alpha value is -2.27. The summed E-state index contributed by atoms with van der Waals surface area (Å²) < 4.78 is 0. The first kappa shape index (κ1) is 13.2. The fourth-order valence-corrected chi connectivity index (χ4v) is 2.25. The van der Waals surface area contributed by atoms with E-state index in [0.29, 0.717) is 18.7 Å². The predicted octanol–water partition coefficient (Wildman–Crippen LogP) is 0.163. The molecule has 1 saturated heterocycles. The molecule has 2 heterocycles. The molecule has 0 aliphatic carbocycles. The molecule has 3 N–H and O–H groups in total. The number of carboxylic acid groups (broad SMARTS) is 1. The third-order valence-corrected chi connectivity index (χ3v) is 3.31. The van der Waals surface area contributed by atoms with Gasteiger partial charge in [-0.05, 0) is 0 Å². The monoisotopic (exact) mass is 283 g/mol. The number of aromatic nitrogens is 2. The Balaban J connectivity index is 2.27. The van der Waals surface area contributed by atoms with Crippen molar-refractivity contribution in [2.45, 2.75) is 12.0 Å². The second kappa shape index (κ2) is 4.78. The molecule has 1 aromatic rings. The number of rotatable bonds is 2. The van der Waals surface area contributed by atoms with Gasteiger partial charge >= 0.3 is 6.09 Å². The maximum absolute atomic E-state index is 11.4. The molecule has 1 aliphatic rings. The molecule has 0 aromatic carbocycles. The molecule has 19 heavy (non-hydrogen) atoms. The topological polar surface area (TPSA) is 122 Å². The summed E-state index contributed by atoms with van der Waals surface area (Å²) in [6.07, 6.45) is 0.412. The molecule has 8 nitrogen and oxygen atoms in total. The Bertz CT molecular complexity index is 610. The number of carbonyl (C=O) groups is 1. The summed E-state index contributed by atoms with van der Waals surface area (Å²) in [5.41, 5.74) is -1.34. The normalized spacial score (nSPS) is 22.0. The van der Waals surface area contributed by atoms with E-state index in [1.165, 1.54) is 6.20 Å². The summed E-state index contributed by atoms with van der Waals surface area (Å²) in [6.45, 7) is 0.513. The Kier molecular flexibility index (Phi) is 3.31. The lowest BCUT2D eigenvalue weighted by Gasteiger charge is -2.22. The SMILES string of the molecule is N#CC1(NC(=O)O)CCN(c2cn[nH]c(=O)c2Cl)C1. The first-order chi connectivity index (χ1) is 8.97. The van der Waals surface area contributed by atoms with Gasteiger partial charge in [0.15, 0.2) is 0 Å². The van der Waals surface area contributed by atoms with Crippen molar-refractivity contribution < 1.29 is 9.90 Å². The van der Waals surface area contributed by atoms with Gasteiger partial charge in [0.25, 0.3) is 5.56 Å². The van der Waals surface area contributed by atoms with Crippen LogP contribution in [0.2, 0.25) is 5.02 Å². The zero-order valence-corrected chi connectivity index (χ0v) is 10.4. The molecule has 0 saturated carbocycles. The lowest BCUT2D eigenvalue weighted by atomic mass is 10.0. The molecule has 9 heteroatoms. The molecule has 0 spiro atoms. The van der Waals surface area contributed by atoms with Gasteiger partial charge in [-0.25, -0.2) is 9.89 Å². The van der Waals surface area contributed by atoms with Crippen LogP contribution < -0.4 is 15.8 Å². The highest BCUT2D eigenvalue weighted by Crippen LogP contribution is 2.29. The Morgan fingerprint density at radius 1 is 1.74 bits per heavy atom. The van der Waals surface area contributed by atoms with Crippen molar-refractivity contribution in [3.63, 3.8) is 0 Å². The van der Waals surface area contributed by atoms with Gasteiger partial charge in [-0.1, -0.05) is 11.6 Å². The molecule has 2 rings (SSSR count). The van der Waals surface area contributed by atoms with Crippen LogP contribution in [-0.4, -0.2) is 40.0 Å². The number of halogens is 1. The number of anilines is 1. The lowest BCUT2D eigenvalue weighted by molar-refractivity contribution is 0.186. The van der Waals surface area contributed by atoms with Gasteiger partial charge in [0, 0.05) is 13.0 Å². The minimum atomic E-state index is -1.27. The maximum Gasteiger partial charge on any atom is 0.405 e. The number of nitriles is 1. The fraction of sp³-hybridized carbons (Fsp3) is 0.400. The zero-order chi connectivity index (χ0) is 14.0. The molecule has 1 amide bonds. The number of nitrogens with one attached hydrogen (secondary N) is 2.